The van der Waals surface area contributed by atoms with E-state index < -0.39 is 0 Å². The highest BCUT2D eigenvalue weighted by molar-refractivity contribution is 4.93. The van der Waals surface area contributed by atoms with E-state index in [0.29, 0.717) is 5.89 Å². The second kappa shape index (κ2) is 5.14. The maximum atomic E-state index is 5.72. The molecular weight excluding hydrogens is 218 g/mol. The van der Waals surface area contributed by atoms with Gasteiger partial charge in [0.1, 0.15) is 0 Å². The van der Waals surface area contributed by atoms with Gasteiger partial charge in [-0.1, -0.05) is 12.1 Å². The topological polar surface area (TPSA) is 51.4 Å². The van der Waals surface area contributed by atoms with E-state index in [1.807, 2.05) is 6.92 Å². The maximum Gasteiger partial charge on any atom is 0.243 e. The van der Waals surface area contributed by atoms with Gasteiger partial charge in [0.15, 0.2) is 5.82 Å². The largest absolute Gasteiger partial charge is 0.373 e. The van der Waals surface area contributed by atoms with Gasteiger partial charge in [-0.15, -0.1) is 0 Å². The Labute approximate surface area is 102 Å². The molecule has 3 atom stereocenters. The van der Waals surface area contributed by atoms with Crippen LogP contribution in [-0.4, -0.2) is 40.3 Å². The summed E-state index contributed by atoms with van der Waals surface area (Å²) in [6, 6.07) is 0.164. The summed E-state index contributed by atoms with van der Waals surface area (Å²) in [6.45, 7) is 10.2. The van der Waals surface area contributed by atoms with Gasteiger partial charge in [-0.2, -0.15) is 4.98 Å². The molecule has 0 saturated carbocycles. The third-order valence-electron chi connectivity index (χ3n) is 3.15. The molecule has 0 bridgehead atoms. The zero-order valence-corrected chi connectivity index (χ0v) is 11.0. The molecule has 0 N–H and O–H groups in total. The number of hydrogen-bond donors (Lipinski definition) is 0. The van der Waals surface area contributed by atoms with Crippen LogP contribution in [-0.2, 0) is 11.2 Å². The molecule has 0 aliphatic carbocycles. The molecule has 2 heterocycles. The molecule has 17 heavy (non-hydrogen) atoms. The molecule has 2 rings (SSSR count). The molecule has 5 heteroatoms. The Morgan fingerprint density at radius 2 is 2.00 bits per heavy atom. The van der Waals surface area contributed by atoms with Crippen molar-refractivity contribution < 1.29 is 9.26 Å². The zero-order valence-electron chi connectivity index (χ0n) is 11.0. The van der Waals surface area contributed by atoms with Crippen LogP contribution < -0.4 is 0 Å². The van der Waals surface area contributed by atoms with Crippen LogP contribution in [0.3, 0.4) is 0 Å². The first-order valence-corrected chi connectivity index (χ1v) is 6.32. The standard InChI is InChI=1S/C12H21N3O2/c1-5-11-13-12(17-14-11)10(4)15-6-8(2)16-9(3)7-15/h8-10H,5-7H2,1-4H3/t8-,9-,10+/m1/s1. The number of rotatable bonds is 3. The summed E-state index contributed by atoms with van der Waals surface area (Å²) in [5.41, 5.74) is 0. The van der Waals surface area contributed by atoms with Gasteiger partial charge in [-0.25, -0.2) is 0 Å². The highest BCUT2D eigenvalue weighted by Crippen LogP contribution is 2.23. The van der Waals surface area contributed by atoms with Crippen LogP contribution >= 0.6 is 0 Å². The average Bonchev–Trinajstić information content (AvgIpc) is 2.75. The molecule has 1 fully saturated rings. The van der Waals surface area contributed by atoms with Gasteiger partial charge >= 0.3 is 0 Å². The highest BCUT2D eigenvalue weighted by atomic mass is 16.5. The van der Waals surface area contributed by atoms with Crippen LogP contribution in [0.5, 0.6) is 0 Å². The maximum absolute atomic E-state index is 5.72. The normalized spacial score (nSPS) is 28.2. The molecule has 0 aromatic carbocycles. The second-order valence-corrected chi connectivity index (χ2v) is 4.79. The minimum atomic E-state index is 0.164. The van der Waals surface area contributed by atoms with Crippen LogP contribution in [0.15, 0.2) is 4.52 Å². The monoisotopic (exact) mass is 239 g/mol. The Kier molecular flexibility index (Phi) is 3.79. The lowest BCUT2D eigenvalue weighted by Crippen LogP contribution is -2.46. The summed E-state index contributed by atoms with van der Waals surface area (Å²) in [5.74, 6) is 1.49. The molecule has 96 valence electrons. The predicted octanol–water partition coefficient (Wildman–Crippen LogP) is 1.80. The number of ether oxygens (including phenoxy) is 1. The highest BCUT2D eigenvalue weighted by Gasteiger charge is 2.29. The van der Waals surface area contributed by atoms with Crippen molar-refractivity contribution in [2.75, 3.05) is 13.1 Å². The molecule has 0 unspecified atom stereocenters. The minimum Gasteiger partial charge on any atom is -0.373 e. The number of nitrogens with zero attached hydrogens (tertiary/aromatic N) is 3. The van der Waals surface area contributed by atoms with Gasteiger partial charge in [0.2, 0.25) is 5.89 Å². The molecule has 1 aliphatic rings. The molecule has 1 aliphatic heterocycles. The fourth-order valence-corrected chi connectivity index (χ4v) is 2.27. The van der Waals surface area contributed by atoms with Gasteiger partial charge in [-0.3, -0.25) is 4.90 Å². The molecule has 0 spiro atoms. The lowest BCUT2D eigenvalue weighted by atomic mass is 10.2. The first-order valence-electron chi connectivity index (χ1n) is 6.32. The molecule has 1 aromatic heterocycles. The van der Waals surface area contributed by atoms with Crippen LogP contribution in [0.4, 0.5) is 0 Å². The first kappa shape index (κ1) is 12.5. The van der Waals surface area contributed by atoms with E-state index in [-0.39, 0.29) is 18.2 Å². The van der Waals surface area contributed by atoms with Gasteiger partial charge in [0.25, 0.3) is 0 Å². The Morgan fingerprint density at radius 1 is 1.35 bits per heavy atom. The van der Waals surface area contributed by atoms with Crippen molar-refractivity contribution in [3.8, 4) is 0 Å². The summed E-state index contributed by atoms with van der Waals surface area (Å²) in [4.78, 5) is 6.73. The minimum absolute atomic E-state index is 0.164. The Morgan fingerprint density at radius 3 is 2.53 bits per heavy atom. The Hall–Kier alpha value is -0.940. The van der Waals surface area contributed by atoms with Crippen LogP contribution in [0.1, 0.15) is 45.5 Å². The van der Waals surface area contributed by atoms with Gasteiger partial charge < -0.3 is 9.26 Å². The SMILES string of the molecule is CCc1noc([C@H](C)N2C[C@@H](C)O[C@H](C)C2)n1. The van der Waals surface area contributed by atoms with Crippen molar-refractivity contribution in [2.45, 2.75) is 52.4 Å². The third-order valence-corrected chi connectivity index (χ3v) is 3.15. The summed E-state index contributed by atoms with van der Waals surface area (Å²) < 4.78 is 11.0. The quantitative estimate of drug-likeness (QED) is 0.805. The van der Waals surface area contributed by atoms with Crippen molar-refractivity contribution in [1.82, 2.24) is 15.0 Å². The van der Waals surface area contributed by atoms with E-state index >= 15 is 0 Å². The van der Waals surface area contributed by atoms with E-state index in [9.17, 15) is 0 Å². The molecule has 1 aromatic rings. The third kappa shape index (κ3) is 2.84. The predicted molar refractivity (Wildman–Crippen MR) is 63.7 cm³/mol. The summed E-state index contributed by atoms with van der Waals surface area (Å²) in [6.07, 6.45) is 1.33. The van der Waals surface area contributed by atoms with E-state index in [1.54, 1.807) is 0 Å². The molecule has 0 amide bonds. The second-order valence-electron chi connectivity index (χ2n) is 4.79. The summed E-state index contributed by atoms with van der Waals surface area (Å²) in [5, 5.41) is 3.94. The molecule has 5 nitrogen and oxygen atoms in total. The fraction of sp³-hybridized carbons (Fsp3) is 0.833. The fourth-order valence-electron chi connectivity index (χ4n) is 2.27. The van der Waals surface area contributed by atoms with E-state index in [2.05, 4.69) is 35.8 Å². The Balaban J connectivity index is 2.05. The summed E-state index contributed by atoms with van der Waals surface area (Å²) >= 11 is 0. The number of hydrogen-bond acceptors (Lipinski definition) is 5. The van der Waals surface area contributed by atoms with Gasteiger partial charge in [0, 0.05) is 19.5 Å². The molecule has 0 radical (unpaired) electrons. The lowest BCUT2D eigenvalue weighted by molar-refractivity contribution is -0.0818. The van der Waals surface area contributed by atoms with E-state index in [1.165, 1.54) is 0 Å². The van der Waals surface area contributed by atoms with Gasteiger partial charge in [-0.05, 0) is 20.8 Å². The zero-order chi connectivity index (χ0) is 12.4. The lowest BCUT2D eigenvalue weighted by Gasteiger charge is -2.37. The van der Waals surface area contributed by atoms with Crippen molar-refractivity contribution in [3.05, 3.63) is 11.7 Å². The van der Waals surface area contributed by atoms with Crippen LogP contribution in [0, 0.1) is 0 Å². The van der Waals surface area contributed by atoms with E-state index in [0.717, 1.165) is 25.3 Å². The van der Waals surface area contributed by atoms with Crippen molar-refractivity contribution >= 4 is 0 Å². The number of aryl methyl sites for hydroxylation is 1. The smallest absolute Gasteiger partial charge is 0.243 e. The van der Waals surface area contributed by atoms with Crippen molar-refractivity contribution in [2.24, 2.45) is 0 Å². The van der Waals surface area contributed by atoms with Crippen molar-refractivity contribution in [1.29, 1.82) is 0 Å². The number of morpholine rings is 1. The van der Waals surface area contributed by atoms with Crippen molar-refractivity contribution in [3.63, 3.8) is 0 Å². The van der Waals surface area contributed by atoms with Gasteiger partial charge in [0.05, 0.1) is 18.2 Å². The Bertz CT molecular complexity index is 356. The average molecular weight is 239 g/mol. The summed E-state index contributed by atoms with van der Waals surface area (Å²) in [7, 11) is 0. The molecular formula is C12H21N3O2. The number of aromatic nitrogens is 2. The van der Waals surface area contributed by atoms with E-state index in [4.69, 9.17) is 9.26 Å². The first-order chi connectivity index (χ1) is 8.10. The van der Waals surface area contributed by atoms with Crippen LogP contribution in [0.25, 0.3) is 0 Å². The molecule has 1 saturated heterocycles. The van der Waals surface area contributed by atoms with Crippen LogP contribution in [0.2, 0.25) is 0 Å².